The Bertz CT molecular complexity index is 1100. The lowest BCUT2D eigenvalue weighted by molar-refractivity contribution is -0.142. The standard InChI is InChI=1S/C26H33ClN4O6/c1-15(2)19(28)14-37-22-10-8-17(27)13-18(22)24(33)30-20(9-11-23(29)32)25(34)31-21(26(35)36)12-16-6-4-3-5-7-16/h3-8,10,13,15,19-21H,9,11-12,14,28H2,1-2H3,(H2,29,32)(H,30,33)(H,31,34)(H,35,36)/t19-,20+,21+/m1/s1. The molecule has 0 spiro atoms. The minimum absolute atomic E-state index is 0.0286. The van der Waals surface area contributed by atoms with Gasteiger partial charge in [0.15, 0.2) is 0 Å². The number of benzene rings is 2. The SMILES string of the molecule is CC(C)[C@H](N)COc1ccc(Cl)cc1C(=O)N[C@@H](CCC(N)=O)C(=O)N[C@@H](Cc1ccccc1)C(=O)O. The summed E-state index contributed by atoms with van der Waals surface area (Å²) >= 11 is 6.09. The average Bonchev–Trinajstić information content (AvgIpc) is 2.85. The van der Waals surface area contributed by atoms with E-state index in [2.05, 4.69) is 10.6 Å². The molecule has 7 N–H and O–H groups in total. The Morgan fingerprint density at radius 3 is 2.30 bits per heavy atom. The third-order valence-corrected chi connectivity index (χ3v) is 5.91. The molecule has 0 saturated heterocycles. The first kappa shape index (κ1) is 29.6. The van der Waals surface area contributed by atoms with Crippen LogP contribution in [0.1, 0.15) is 42.6 Å². The van der Waals surface area contributed by atoms with Crippen molar-refractivity contribution in [2.24, 2.45) is 17.4 Å². The van der Waals surface area contributed by atoms with Crippen LogP contribution in [0.4, 0.5) is 0 Å². The third kappa shape index (κ3) is 9.74. The molecule has 0 radical (unpaired) electrons. The van der Waals surface area contributed by atoms with Gasteiger partial charge in [0.1, 0.15) is 24.4 Å². The lowest BCUT2D eigenvalue weighted by Crippen LogP contribution is -2.52. The van der Waals surface area contributed by atoms with Gasteiger partial charge < -0.3 is 31.9 Å². The number of nitrogens with two attached hydrogens (primary N) is 2. The van der Waals surface area contributed by atoms with Gasteiger partial charge in [-0.2, -0.15) is 0 Å². The van der Waals surface area contributed by atoms with E-state index in [0.29, 0.717) is 5.56 Å². The number of nitrogens with one attached hydrogen (secondary N) is 2. The van der Waals surface area contributed by atoms with Crippen LogP contribution in [0, 0.1) is 5.92 Å². The summed E-state index contributed by atoms with van der Waals surface area (Å²) in [6.45, 7) is 4.02. The number of carbonyl (C=O) groups is 4. The molecular weight excluding hydrogens is 500 g/mol. The van der Waals surface area contributed by atoms with Gasteiger partial charge in [-0.25, -0.2) is 4.79 Å². The number of ether oxygens (including phenoxy) is 1. The van der Waals surface area contributed by atoms with E-state index >= 15 is 0 Å². The molecule has 200 valence electrons. The highest BCUT2D eigenvalue weighted by atomic mass is 35.5. The summed E-state index contributed by atoms with van der Waals surface area (Å²) in [6.07, 6.45) is -0.322. The molecule has 0 bridgehead atoms. The van der Waals surface area contributed by atoms with Crippen molar-refractivity contribution in [3.05, 3.63) is 64.7 Å². The van der Waals surface area contributed by atoms with E-state index in [1.54, 1.807) is 36.4 Å². The highest BCUT2D eigenvalue weighted by Gasteiger charge is 2.28. The number of amides is 3. The van der Waals surface area contributed by atoms with Crippen LogP contribution < -0.4 is 26.8 Å². The molecule has 10 nitrogen and oxygen atoms in total. The molecule has 2 aromatic rings. The number of halogens is 1. The van der Waals surface area contributed by atoms with Gasteiger partial charge in [-0.15, -0.1) is 0 Å². The van der Waals surface area contributed by atoms with Crippen molar-refractivity contribution in [3.8, 4) is 5.75 Å². The number of hydrogen-bond acceptors (Lipinski definition) is 6. The largest absolute Gasteiger partial charge is 0.491 e. The van der Waals surface area contributed by atoms with Crippen LogP contribution in [-0.2, 0) is 20.8 Å². The monoisotopic (exact) mass is 532 g/mol. The molecule has 0 aliphatic carbocycles. The molecule has 0 aliphatic rings. The number of carboxylic acids is 1. The van der Waals surface area contributed by atoms with E-state index in [0.717, 1.165) is 0 Å². The first-order valence-corrected chi connectivity index (χ1v) is 12.2. The number of hydrogen-bond donors (Lipinski definition) is 5. The third-order valence-electron chi connectivity index (χ3n) is 5.67. The number of aliphatic carboxylic acids is 1. The zero-order valence-electron chi connectivity index (χ0n) is 20.8. The summed E-state index contributed by atoms with van der Waals surface area (Å²) in [5.74, 6) is -3.05. The second kappa shape index (κ2) is 14.2. The smallest absolute Gasteiger partial charge is 0.326 e. The van der Waals surface area contributed by atoms with Crippen LogP contribution in [0.25, 0.3) is 0 Å². The lowest BCUT2D eigenvalue weighted by atomic mass is 10.0. The first-order chi connectivity index (χ1) is 17.5. The molecule has 2 rings (SSSR count). The van der Waals surface area contributed by atoms with E-state index in [-0.39, 0.29) is 54.2 Å². The van der Waals surface area contributed by atoms with Crippen molar-refractivity contribution in [1.29, 1.82) is 0 Å². The van der Waals surface area contributed by atoms with Gasteiger partial charge in [0.2, 0.25) is 11.8 Å². The van der Waals surface area contributed by atoms with Crippen LogP contribution in [0.15, 0.2) is 48.5 Å². The number of rotatable bonds is 14. The molecule has 3 atom stereocenters. The molecule has 0 aliphatic heterocycles. The molecule has 0 aromatic heterocycles. The second-order valence-electron chi connectivity index (χ2n) is 8.98. The first-order valence-electron chi connectivity index (χ1n) is 11.8. The molecule has 2 aromatic carbocycles. The Labute approximate surface area is 220 Å². The van der Waals surface area contributed by atoms with Crippen LogP contribution in [-0.4, -0.2) is 53.5 Å². The van der Waals surface area contributed by atoms with Gasteiger partial charge in [-0.05, 0) is 36.1 Å². The Balaban J connectivity index is 2.22. The predicted octanol–water partition coefficient (Wildman–Crippen LogP) is 1.88. The minimum atomic E-state index is -1.26. The van der Waals surface area contributed by atoms with E-state index in [1.165, 1.54) is 12.1 Å². The Hall–Kier alpha value is -3.63. The van der Waals surface area contributed by atoms with Crippen molar-refractivity contribution in [1.82, 2.24) is 10.6 Å². The summed E-state index contributed by atoms with van der Waals surface area (Å²) in [7, 11) is 0. The number of carboxylic acid groups (broad SMARTS) is 1. The zero-order chi connectivity index (χ0) is 27.5. The van der Waals surface area contributed by atoms with Crippen molar-refractivity contribution < 1.29 is 29.0 Å². The maximum absolute atomic E-state index is 13.2. The molecule has 0 heterocycles. The Morgan fingerprint density at radius 1 is 1.03 bits per heavy atom. The van der Waals surface area contributed by atoms with Gasteiger partial charge in [0.25, 0.3) is 5.91 Å². The molecule has 11 heteroatoms. The topological polar surface area (TPSA) is 174 Å². The van der Waals surface area contributed by atoms with Crippen molar-refractivity contribution in [2.75, 3.05) is 6.61 Å². The molecule has 0 unspecified atom stereocenters. The fourth-order valence-corrected chi connectivity index (χ4v) is 3.47. The van der Waals surface area contributed by atoms with Crippen molar-refractivity contribution in [2.45, 2.75) is 51.2 Å². The van der Waals surface area contributed by atoms with Gasteiger partial charge in [-0.3, -0.25) is 14.4 Å². The van der Waals surface area contributed by atoms with E-state index in [4.69, 9.17) is 27.8 Å². The molecule has 0 saturated carbocycles. The zero-order valence-corrected chi connectivity index (χ0v) is 21.5. The van der Waals surface area contributed by atoms with Crippen LogP contribution >= 0.6 is 11.6 Å². The summed E-state index contributed by atoms with van der Waals surface area (Å²) < 4.78 is 5.74. The van der Waals surface area contributed by atoms with E-state index in [1.807, 2.05) is 13.8 Å². The van der Waals surface area contributed by atoms with Gasteiger partial charge in [-0.1, -0.05) is 55.8 Å². The van der Waals surface area contributed by atoms with Gasteiger partial charge >= 0.3 is 5.97 Å². The van der Waals surface area contributed by atoms with Gasteiger partial charge in [0, 0.05) is 23.9 Å². The average molecular weight is 533 g/mol. The van der Waals surface area contributed by atoms with E-state index < -0.39 is 35.8 Å². The number of primary amides is 1. The van der Waals surface area contributed by atoms with Crippen LogP contribution in [0.3, 0.4) is 0 Å². The summed E-state index contributed by atoms with van der Waals surface area (Å²) in [4.78, 5) is 49.4. The molecule has 3 amide bonds. The number of carbonyl (C=O) groups excluding carboxylic acids is 3. The lowest BCUT2D eigenvalue weighted by Gasteiger charge is -2.22. The normalized spacial score (nSPS) is 13.3. The highest BCUT2D eigenvalue weighted by molar-refractivity contribution is 6.31. The summed E-state index contributed by atoms with van der Waals surface area (Å²) in [5, 5.41) is 14.9. The Morgan fingerprint density at radius 2 is 1.70 bits per heavy atom. The van der Waals surface area contributed by atoms with Crippen molar-refractivity contribution in [3.63, 3.8) is 0 Å². The fourth-order valence-electron chi connectivity index (χ4n) is 3.30. The Kier molecular flexibility index (Phi) is 11.4. The van der Waals surface area contributed by atoms with Crippen LogP contribution in [0.2, 0.25) is 5.02 Å². The quantitative estimate of drug-likeness (QED) is 0.247. The second-order valence-corrected chi connectivity index (χ2v) is 9.42. The van der Waals surface area contributed by atoms with E-state index in [9.17, 15) is 24.3 Å². The maximum Gasteiger partial charge on any atom is 0.326 e. The summed E-state index contributed by atoms with van der Waals surface area (Å²) in [5.41, 5.74) is 12.0. The maximum atomic E-state index is 13.2. The highest BCUT2D eigenvalue weighted by Crippen LogP contribution is 2.24. The summed E-state index contributed by atoms with van der Waals surface area (Å²) in [6, 6.07) is 10.4. The molecule has 37 heavy (non-hydrogen) atoms. The van der Waals surface area contributed by atoms with Crippen molar-refractivity contribution >= 4 is 35.3 Å². The molecular formula is C26H33ClN4O6. The minimum Gasteiger partial charge on any atom is -0.491 e. The fraction of sp³-hybridized carbons (Fsp3) is 0.385. The van der Waals surface area contributed by atoms with Gasteiger partial charge in [0.05, 0.1) is 5.56 Å². The predicted molar refractivity (Wildman–Crippen MR) is 139 cm³/mol. The van der Waals surface area contributed by atoms with Crippen LogP contribution in [0.5, 0.6) is 5.75 Å². The molecule has 0 fully saturated rings.